The van der Waals surface area contributed by atoms with Gasteiger partial charge in [-0.25, -0.2) is 0 Å². The van der Waals surface area contributed by atoms with E-state index in [9.17, 15) is 5.11 Å². The van der Waals surface area contributed by atoms with Crippen LogP contribution in [0.25, 0.3) is 0 Å². The minimum Gasteiger partial charge on any atom is -0.383 e. The molecule has 0 amide bonds. The highest BCUT2D eigenvalue weighted by molar-refractivity contribution is 6.30. The largest absolute Gasteiger partial charge is 0.383 e. The summed E-state index contributed by atoms with van der Waals surface area (Å²) in [6.07, 6.45) is 3.22. The summed E-state index contributed by atoms with van der Waals surface area (Å²) in [4.78, 5) is 0. The van der Waals surface area contributed by atoms with Gasteiger partial charge in [0, 0.05) is 5.03 Å². The van der Waals surface area contributed by atoms with Gasteiger partial charge in [0.2, 0.25) is 0 Å². The van der Waals surface area contributed by atoms with Gasteiger partial charge in [-0.2, -0.15) is 5.26 Å². The van der Waals surface area contributed by atoms with Crippen LogP contribution in [-0.2, 0) is 0 Å². The molecule has 3 heteroatoms. The molecule has 0 saturated carbocycles. The molecule has 1 aliphatic rings. The van der Waals surface area contributed by atoms with Crippen molar-refractivity contribution in [2.75, 3.05) is 0 Å². The van der Waals surface area contributed by atoms with Crippen molar-refractivity contribution in [3.63, 3.8) is 0 Å². The van der Waals surface area contributed by atoms with Crippen molar-refractivity contribution in [2.45, 2.75) is 24.9 Å². The van der Waals surface area contributed by atoms with Gasteiger partial charge < -0.3 is 5.11 Å². The molecule has 10 heavy (non-hydrogen) atoms. The molecule has 54 valence electrons. The topological polar surface area (TPSA) is 44.0 Å². The Labute approximate surface area is 64.7 Å². The summed E-state index contributed by atoms with van der Waals surface area (Å²) in [6.45, 7) is 0. The first kappa shape index (κ1) is 7.59. The van der Waals surface area contributed by atoms with E-state index in [4.69, 9.17) is 16.9 Å². The van der Waals surface area contributed by atoms with Gasteiger partial charge in [-0.3, -0.25) is 0 Å². The van der Waals surface area contributed by atoms with Gasteiger partial charge in [0.15, 0.2) is 0 Å². The Bertz CT molecular complexity index is 206. The van der Waals surface area contributed by atoms with Gasteiger partial charge in [-0.1, -0.05) is 17.7 Å². The quantitative estimate of drug-likeness (QED) is 0.628. The Kier molecular flexibility index (Phi) is 1.98. The summed E-state index contributed by atoms with van der Waals surface area (Å²) >= 11 is 5.66. The van der Waals surface area contributed by atoms with E-state index in [2.05, 4.69) is 0 Å². The van der Waals surface area contributed by atoms with Gasteiger partial charge in [0.1, 0.15) is 5.60 Å². The van der Waals surface area contributed by atoms with Crippen molar-refractivity contribution in [3.8, 4) is 6.07 Å². The van der Waals surface area contributed by atoms with Gasteiger partial charge in [0.05, 0.1) is 12.5 Å². The number of allylic oxidation sites excluding steroid dienone is 1. The Hall–Kier alpha value is -0.520. The fourth-order valence-electron chi connectivity index (χ4n) is 1.05. The Morgan fingerprint density at radius 1 is 1.90 bits per heavy atom. The van der Waals surface area contributed by atoms with Crippen LogP contribution in [0.2, 0.25) is 0 Å². The number of nitrogens with zero attached hydrogens (tertiary/aromatic N) is 1. The maximum Gasteiger partial charge on any atom is 0.113 e. The van der Waals surface area contributed by atoms with Gasteiger partial charge in [-0.15, -0.1) is 0 Å². The number of halogens is 1. The molecule has 0 bridgehead atoms. The van der Waals surface area contributed by atoms with Gasteiger partial charge in [-0.05, 0) is 12.8 Å². The summed E-state index contributed by atoms with van der Waals surface area (Å²) in [5.74, 6) is 0. The monoisotopic (exact) mass is 157 g/mol. The minimum absolute atomic E-state index is 0.0995. The highest BCUT2D eigenvalue weighted by Gasteiger charge is 2.33. The van der Waals surface area contributed by atoms with Crippen LogP contribution in [0.5, 0.6) is 0 Å². The van der Waals surface area contributed by atoms with Crippen molar-refractivity contribution in [3.05, 3.63) is 11.1 Å². The van der Waals surface area contributed by atoms with Crippen molar-refractivity contribution < 1.29 is 5.11 Å². The predicted octanol–water partition coefficient (Wildman–Crippen LogP) is 1.55. The lowest BCUT2D eigenvalue weighted by Crippen LogP contribution is -2.24. The van der Waals surface area contributed by atoms with Crippen molar-refractivity contribution in [1.82, 2.24) is 0 Å². The van der Waals surface area contributed by atoms with Gasteiger partial charge >= 0.3 is 0 Å². The lowest BCUT2D eigenvalue weighted by Gasteiger charge is -2.18. The molecule has 1 aliphatic carbocycles. The lowest BCUT2D eigenvalue weighted by atomic mass is 10.0. The van der Waals surface area contributed by atoms with Crippen LogP contribution in [-0.4, -0.2) is 10.7 Å². The van der Waals surface area contributed by atoms with Gasteiger partial charge in [0.25, 0.3) is 0 Å². The first-order valence-corrected chi connectivity index (χ1v) is 3.52. The van der Waals surface area contributed by atoms with Crippen molar-refractivity contribution >= 4 is 11.6 Å². The first-order valence-electron chi connectivity index (χ1n) is 3.14. The van der Waals surface area contributed by atoms with E-state index in [-0.39, 0.29) is 6.42 Å². The van der Waals surface area contributed by atoms with E-state index < -0.39 is 5.60 Å². The molecule has 0 fully saturated rings. The average molecular weight is 158 g/mol. The summed E-state index contributed by atoms with van der Waals surface area (Å²) in [6, 6.07) is 1.91. The third-order valence-electron chi connectivity index (χ3n) is 1.70. The summed E-state index contributed by atoms with van der Waals surface area (Å²) < 4.78 is 0. The molecule has 0 aromatic carbocycles. The molecule has 0 radical (unpaired) electrons. The standard InChI is InChI=1S/C7H8ClNO/c8-6-2-1-3-7(6,10)4-5-9/h2,10H,1,3-4H2. The zero-order valence-corrected chi connectivity index (χ0v) is 6.23. The van der Waals surface area contributed by atoms with Crippen LogP contribution in [0.1, 0.15) is 19.3 Å². The average Bonchev–Trinajstić information content (AvgIpc) is 2.15. The van der Waals surface area contributed by atoms with E-state index in [1.807, 2.05) is 6.07 Å². The molecular weight excluding hydrogens is 150 g/mol. The molecule has 2 nitrogen and oxygen atoms in total. The summed E-state index contributed by atoms with van der Waals surface area (Å²) in [5, 5.41) is 18.3. The Morgan fingerprint density at radius 2 is 2.60 bits per heavy atom. The Morgan fingerprint density at radius 3 is 3.00 bits per heavy atom. The second-order valence-electron chi connectivity index (χ2n) is 2.46. The number of hydrogen-bond donors (Lipinski definition) is 1. The van der Waals surface area contributed by atoms with Crippen LogP contribution in [0, 0.1) is 11.3 Å². The molecule has 0 aromatic heterocycles. The molecule has 1 unspecified atom stereocenters. The zero-order valence-electron chi connectivity index (χ0n) is 5.47. The van der Waals surface area contributed by atoms with E-state index in [0.29, 0.717) is 11.5 Å². The molecule has 1 atom stereocenters. The van der Waals surface area contributed by atoms with Crippen LogP contribution < -0.4 is 0 Å². The zero-order chi connectivity index (χ0) is 7.61. The van der Waals surface area contributed by atoms with E-state index in [1.54, 1.807) is 6.08 Å². The Balaban J connectivity index is 2.71. The maximum atomic E-state index is 9.54. The third kappa shape index (κ3) is 1.16. The number of rotatable bonds is 1. The van der Waals surface area contributed by atoms with Crippen molar-refractivity contribution in [2.24, 2.45) is 0 Å². The van der Waals surface area contributed by atoms with Crippen LogP contribution in [0.4, 0.5) is 0 Å². The predicted molar refractivity (Wildman–Crippen MR) is 38.3 cm³/mol. The second kappa shape index (κ2) is 2.61. The van der Waals surface area contributed by atoms with E-state index in [1.165, 1.54) is 0 Å². The molecule has 1 rings (SSSR count). The number of nitriles is 1. The van der Waals surface area contributed by atoms with Crippen LogP contribution >= 0.6 is 11.6 Å². The van der Waals surface area contributed by atoms with E-state index in [0.717, 1.165) is 6.42 Å². The minimum atomic E-state index is -1.03. The fourth-order valence-corrected chi connectivity index (χ4v) is 1.32. The maximum absolute atomic E-state index is 9.54. The smallest absolute Gasteiger partial charge is 0.113 e. The summed E-state index contributed by atoms with van der Waals surface area (Å²) in [7, 11) is 0. The number of aliphatic hydroxyl groups is 1. The molecule has 0 aromatic rings. The molecule has 0 saturated heterocycles. The van der Waals surface area contributed by atoms with Crippen molar-refractivity contribution in [1.29, 1.82) is 5.26 Å². The SMILES string of the molecule is N#CCC1(O)CCC=C1Cl. The normalized spacial score (nSPS) is 31.5. The first-order chi connectivity index (χ1) is 4.69. The molecule has 1 N–H and O–H groups in total. The third-order valence-corrected chi connectivity index (χ3v) is 2.20. The highest BCUT2D eigenvalue weighted by Crippen LogP contribution is 2.35. The van der Waals surface area contributed by atoms with Crippen LogP contribution in [0.15, 0.2) is 11.1 Å². The highest BCUT2D eigenvalue weighted by atomic mass is 35.5. The van der Waals surface area contributed by atoms with E-state index >= 15 is 0 Å². The fraction of sp³-hybridized carbons (Fsp3) is 0.571. The second-order valence-corrected chi connectivity index (χ2v) is 2.86. The number of hydrogen-bond acceptors (Lipinski definition) is 2. The van der Waals surface area contributed by atoms with Crippen LogP contribution in [0.3, 0.4) is 0 Å². The molecular formula is C7H8ClNO. The molecule has 0 heterocycles. The summed E-state index contributed by atoms with van der Waals surface area (Å²) in [5.41, 5.74) is -1.03. The molecule has 0 spiro atoms. The molecule has 0 aliphatic heterocycles. The lowest BCUT2D eigenvalue weighted by molar-refractivity contribution is 0.0916.